The molecule has 0 saturated heterocycles. The Balaban J connectivity index is 2.29. The third-order valence-electron chi connectivity index (χ3n) is 3.53. The van der Waals surface area contributed by atoms with E-state index < -0.39 is 5.41 Å². The Kier molecular flexibility index (Phi) is 3.15. The Morgan fingerprint density at radius 3 is 2.17 bits per heavy atom. The topological polar surface area (TPSA) is 46.3 Å². The van der Waals surface area contributed by atoms with E-state index in [4.69, 9.17) is 18.0 Å². The van der Waals surface area contributed by atoms with Crippen molar-refractivity contribution in [3.63, 3.8) is 0 Å². The summed E-state index contributed by atoms with van der Waals surface area (Å²) in [5.41, 5.74) is 8.30. The molecule has 4 heteroatoms. The molecule has 1 saturated carbocycles. The van der Waals surface area contributed by atoms with E-state index in [2.05, 4.69) is 6.07 Å². The summed E-state index contributed by atoms with van der Waals surface area (Å²) in [6.07, 6.45) is 1.55. The van der Waals surface area contributed by atoms with E-state index in [0.717, 1.165) is 29.7 Å². The molecule has 2 N–H and O–H groups in total. The molecule has 1 aromatic carbocycles. The summed E-state index contributed by atoms with van der Waals surface area (Å²) in [6, 6.07) is 6.09. The van der Waals surface area contributed by atoms with E-state index in [9.17, 15) is 4.79 Å². The molecule has 1 amide bonds. The van der Waals surface area contributed by atoms with E-state index >= 15 is 0 Å². The van der Waals surface area contributed by atoms with Crippen LogP contribution in [0.15, 0.2) is 18.2 Å². The number of rotatable bonds is 3. The van der Waals surface area contributed by atoms with Gasteiger partial charge in [0, 0.05) is 12.7 Å². The van der Waals surface area contributed by atoms with E-state index in [1.165, 1.54) is 0 Å². The van der Waals surface area contributed by atoms with E-state index in [1.807, 2.05) is 26.0 Å². The molecule has 1 aliphatic rings. The van der Waals surface area contributed by atoms with Crippen LogP contribution in [0.5, 0.6) is 0 Å². The van der Waals surface area contributed by atoms with Crippen molar-refractivity contribution in [2.75, 3.05) is 11.9 Å². The molecule has 0 bridgehead atoms. The molecule has 0 unspecified atom stereocenters. The summed E-state index contributed by atoms with van der Waals surface area (Å²) in [6.45, 7) is 4.05. The highest BCUT2D eigenvalue weighted by molar-refractivity contribution is 7.80. The molecule has 0 radical (unpaired) electrons. The van der Waals surface area contributed by atoms with Gasteiger partial charge in [0.25, 0.3) is 0 Å². The van der Waals surface area contributed by atoms with Crippen molar-refractivity contribution in [3.8, 4) is 0 Å². The van der Waals surface area contributed by atoms with Crippen LogP contribution in [-0.4, -0.2) is 17.9 Å². The summed E-state index contributed by atoms with van der Waals surface area (Å²) in [5.74, 6) is 0.0139. The third kappa shape index (κ3) is 2.12. The van der Waals surface area contributed by atoms with Crippen molar-refractivity contribution in [1.29, 1.82) is 0 Å². The smallest absolute Gasteiger partial charge is 0.239 e. The fourth-order valence-electron chi connectivity index (χ4n) is 2.27. The summed E-state index contributed by atoms with van der Waals surface area (Å²) >= 11 is 5.02. The van der Waals surface area contributed by atoms with E-state index in [-0.39, 0.29) is 5.91 Å². The average Bonchev–Trinajstić information content (AvgIpc) is 3.06. The van der Waals surface area contributed by atoms with Crippen LogP contribution < -0.4 is 10.6 Å². The zero-order valence-electron chi connectivity index (χ0n) is 11.0. The molecule has 1 fully saturated rings. The number of benzene rings is 1. The number of carbonyl (C=O) groups is 1. The normalized spacial score (nSPS) is 16.2. The molecule has 96 valence electrons. The van der Waals surface area contributed by atoms with Gasteiger partial charge in [0.15, 0.2) is 0 Å². The lowest BCUT2D eigenvalue weighted by molar-refractivity contribution is -0.121. The molecule has 3 nitrogen and oxygen atoms in total. The van der Waals surface area contributed by atoms with Crippen LogP contribution in [0, 0.1) is 19.3 Å². The predicted molar refractivity (Wildman–Crippen MR) is 77.8 cm³/mol. The third-order valence-corrected chi connectivity index (χ3v) is 3.92. The number of thiocarbonyl (C=S) groups is 1. The fraction of sp³-hybridized carbons (Fsp3) is 0.429. The number of amides is 1. The maximum Gasteiger partial charge on any atom is 0.239 e. The molecule has 0 atom stereocenters. The number of aryl methyl sites for hydroxylation is 2. The average molecular weight is 262 g/mol. The first-order chi connectivity index (χ1) is 8.36. The second-order valence-electron chi connectivity index (χ2n) is 5.16. The molecule has 1 aliphatic carbocycles. The van der Waals surface area contributed by atoms with Crippen molar-refractivity contribution in [1.82, 2.24) is 0 Å². The molecule has 0 heterocycles. The monoisotopic (exact) mass is 262 g/mol. The van der Waals surface area contributed by atoms with E-state index in [0.29, 0.717) is 4.99 Å². The van der Waals surface area contributed by atoms with Gasteiger partial charge in [0.05, 0.1) is 10.4 Å². The second kappa shape index (κ2) is 4.35. The summed E-state index contributed by atoms with van der Waals surface area (Å²) in [4.78, 5) is 14.4. The van der Waals surface area contributed by atoms with Crippen LogP contribution in [0.2, 0.25) is 0 Å². The first kappa shape index (κ1) is 13.0. The van der Waals surface area contributed by atoms with Crippen molar-refractivity contribution >= 4 is 28.8 Å². The highest BCUT2D eigenvalue weighted by Gasteiger charge is 2.54. The van der Waals surface area contributed by atoms with Crippen LogP contribution in [0.1, 0.15) is 24.0 Å². The summed E-state index contributed by atoms with van der Waals surface area (Å²) < 4.78 is 0. The van der Waals surface area contributed by atoms with Gasteiger partial charge in [-0.25, -0.2) is 0 Å². The van der Waals surface area contributed by atoms with Gasteiger partial charge in [-0.15, -0.1) is 0 Å². The van der Waals surface area contributed by atoms with Gasteiger partial charge in [-0.05, 0) is 49.9 Å². The van der Waals surface area contributed by atoms with Crippen LogP contribution in [-0.2, 0) is 4.79 Å². The quantitative estimate of drug-likeness (QED) is 0.850. The minimum absolute atomic E-state index is 0.0139. The minimum atomic E-state index is -0.582. The van der Waals surface area contributed by atoms with Crippen LogP contribution in [0.3, 0.4) is 0 Å². The lowest BCUT2D eigenvalue weighted by atomic mass is 10.0. The first-order valence-electron chi connectivity index (χ1n) is 6.03. The predicted octanol–water partition coefficient (Wildman–Crippen LogP) is 2.33. The van der Waals surface area contributed by atoms with Crippen LogP contribution in [0.25, 0.3) is 0 Å². The van der Waals surface area contributed by atoms with Gasteiger partial charge >= 0.3 is 0 Å². The van der Waals surface area contributed by atoms with Gasteiger partial charge in [0.2, 0.25) is 5.91 Å². The molecule has 0 spiro atoms. The van der Waals surface area contributed by atoms with Gasteiger partial charge in [-0.3, -0.25) is 4.79 Å². The molecule has 0 aromatic heterocycles. The zero-order chi connectivity index (χ0) is 13.5. The highest BCUT2D eigenvalue weighted by atomic mass is 32.1. The summed E-state index contributed by atoms with van der Waals surface area (Å²) in [7, 11) is 1.79. The Labute approximate surface area is 113 Å². The molecule has 0 aliphatic heterocycles. The SMILES string of the molecule is Cc1cc(C)cc(N(C)C(=O)C2(C(N)=S)CC2)c1. The van der Waals surface area contributed by atoms with Gasteiger partial charge < -0.3 is 10.6 Å². The largest absolute Gasteiger partial charge is 0.392 e. The van der Waals surface area contributed by atoms with Crippen LogP contribution in [0.4, 0.5) is 5.69 Å². The molecule has 1 aromatic rings. The molecule has 18 heavy (non-hydrogen) atoms. The van der Waals surface area contributed by atoms with Crippen LogP contribution >= 0.6 is 12.2 Å². The second-order valence-corrected chi connectivity index (χ2v) is 5.60. The minimum Gasteiger partial charge on any atom is -0.392 e. The van der Waals surface area contributed by atoms with Crippen molar-refractivity contribution in [3.05, 3.63) is 29.3 Å². The summed E-state index contributed by atoms with van der Waals surface area (Å²) in [5, 5.41) is 0. The lowest BCUT2D eigenvalue weighted by Crippen LogP contribution is -2.40. The van der Waals surface area contributed by atoms with E-state index in [1.54, 1.807) is 11.9 Å². The number of anilines is 1. The maximum absolute atomic E-state index is 12.5. The number of nitrogens with two attached hydrogens (primary N) is 1. The number of carbonyl (C=O) groups excluding carboxylic acids is 1. The standard InChI is InChI=1S/C14H18N2OS/c1-9-6-10(2)8-11(7-9)16(3)13(17)14(4-5-14)12(15)18/h6-8H,4-5H2,1-3H3,(H2,15,18). The van der Waals surface area contributed by atoms with Crippen molar-refractivity contribution in [2.45, 2.75) is 26.7 Å². The molecular weight excluding hydrogens is 244 g/mol. The van der Waals surface area contributed by atoms with Crippen molar-refractivity contribution < 1.29 is 4.79 Å². The number of nitrogens with zero attached hydrogens (tertiary/aromatic N) is 1. The van der Waals surface area contributed by atoms with Gasteiger partial charge in [-0.2, -0.15) is 0 Å². The molecule has 2 rings (SSSR count). The first-order valence-corrected chi connectivity index (χ1v) is 6.44. The zero-order valence-corrected chi connectivity index (χ0v) is 11.8. The fourth-order valence-corrected chi connectivity index (χ4v) is 2.56. The van der Waals surface area contributed by atoms with Gasteiger partial charge in [0.1, 0.15) is 0 Å². The Hall–Kier alpha value is -1.42. The Bertz CT molecular complexity index is 500. The van der Waals surface area contributed by atoms with Gasteiger partial charge in [-0.1, -0.05) is 18.3 Å². The number of hydrogen-bond acceptors (Lipinski definition) is 2. The Morgan fingerprint density at radius 2 is 1.78 bits per heavy atom. The number of hydrogen-bond donors (Lipinski definition) is 1. The van der Waals surface area contributed by atoms with Crippen molar-refractivity contribution in [2.24, 2.45) is 11.1 Å². The Morgan fingerprint density at radius 1 is 1.28 bits per heavy atom. The lowest BCUT2D eigenvalue weighted by Gasteiger charge is -2.23. The highest BCUT2D eigenvalue weighted by Crippen LogP contribution is 2.47. The maximum atomic E-state index is 12.5. The molecular formula is C14H18N2OS.